The Morgan fingerprint density at radius 2 is 1.88 bits per heavy atom. The number of nitrogens with one attached hydrogen (secondary N) is 1. The summed E-state index contributed by atoms with van der Waals surface area (Å²) in [5.41, 5.74) is 5.99. The average Bonchev–Trinajstić information content (AvgIpc) is 3.52. The lowest BCUT2D eigenvalue weighted by Crippen LogP contribution is -2.29. The van der Waals surface area contributed by atoms with Crippen LogP contribution in [0.15, 0.2) is 54.7 Å². The molecule has 3 aromatic rings. The molecule has 1 aliphatic carbocycles. The van der Waals surface area contributed by atoms with Crippen molar-refractivity contribution in [3.8, 4) is 5.75 Å². The van der Waals surface area contributed by atoms with Crippen LogP contribution in [-0.4, -0.2) is 21.8 Å². The van der Waals surface area contributed by atoms with Crippen molar-refractivity contribution in [2.75, 3.05) is 12.0 Å². The first kappa shape index (κ1) is 21.0. The van der Waals surface area contributed by atoms with Crippen LogP contribution in [0, 0.1) is 13.8 Å². The molecule has 5 nitrogen and oxygen atoms in total. The average molecular weight is 447 g/mol. The van der Waals surface area contributed by atoms with E-state index < -0.39 is 0 Å². The minimum absolute atomic E-state index is 0.00543. The van der Waals surface area contributed by atoms with Gasteiger partial charge in [0.05, 0.1) is 24.9 Å². The van der Waals surface area contributed by atoms with Gasteiger partial charge in [-0.2, -0.15) is 0 Å². The molecule has 2 aromatic heterocycles. The van der Waals surface area contributed by atoms with Crippen LogP contribution in [0.4, 0.5) is 5.69 Å². The molecule has 2 fully saturated rings. The van der Waals surface area contributed by atoms with E-state index in [0.29, 0.717) is 11.2 Å². The molecule has 6 heteroatoms. The second-order valence-electron chi connectivity index (χ2n) is 8.83. The van der Waals surface area contributed by atoms with Crippen molar-refractivity contribution in [3.05, 3.63) is 77.4 Å². The SMILES string of the molecule is COc1cccc(N2C(=S)N[C@H](c3ccccn3)[C@H]2c2cc(C)n(C3CCCC3)c2C)c1. The molecule has 0 unspecified atom stereocenters. The number of aryl methyl sites for hydroxylation is 1. The van der Waals surface area contributed by atoms with E-state index in [2.05, 4.69) is 57.9 Å². The summed E-state index contributed by atoms with van der Waals surface area (Å²) in [4.78, 5) is 6.92. The second kappa shape index (κ2) is 8.58. The molecule has 3 heterocycles. The van der Waals surface area contributed by atoms with Crippen molar-refractivity contribution in [1.82, 2.24) is 14.9 Å². The first-order valence-electron chi connectivity index (χ1n) is 11.4. The monoisotopic (exact) mass is 446 g/mol. The van der Waals surface area contributed by atoms with E-state index in [-0.39, 0.29) is 12.1 Å². The van der Waals surface area contributed by atoms with Crippen LogP contribution >= 0.6 is 12.2 Å². The van der Waals surface area contributed by atoms with Gasteiger partial charge in [0, 0.05) is 35.4 Å². The molecule has 0 spiro atoms. The molecule has 32 heavy (non-hydrogen) atoms. The van der Waals surface area contributed by atoms with Gasteiger partial charge in [0.2, 0.25) is 0 Å². The highest BCUT2D eigenvalue weighted by Gasteiger charge is 2.42. The Kier molecular flexibility index (Phi) is 5.64. The Labute approximate surface area is 195 Å². The lowest BCUT2D eigenvalue weighted by Gasteiger charge is -2.28. The van der Waals surface area contributed by atoms with Crippen LogP contribution in [0.25, 0.3) is 0 Å². The maximum atomic E-state index is 5.89. The van der Waals surface area contributed by atoms with Gasteiger partial charge in [-0.05, 0) is 74.8 Å². The Bertz CT molecular complexity index is 1120. The molecule has 2 aliphatic rings. The minimum Gasteiger partial charge on any atom is -0.497 e. The van der Waals surface area contributed by atoms with Crippen LogP contribution in [0.2, 0.25) is 0 Å². The van der Waals surface area contributed by atoms with E-state index in [1.54, 1.807) is 7.11 Å². The predicted molar refractivity (Wildman–Crippen MR) is 132 cm³/mol. The van der Waals surface area contributed by atoms with Crippen LogP contribution in [0.5, 0.6) is 5.75 Å². The topological polar surface area (TPSA) is 42.3 Å². The van der Waals surface area contributed by atoms with Gasteiger partial charge in [-0.25, -0.2) is 0 Å². The minimum atomic E-state index is -0.0348. The van der Waals surface area contributed by atoms with E-state index in [4.69, 9.17) is 17.0 Å². The van der Waals surface area contributed by atoms with Gasteiger partial charge in [-0.3, -0.25) is 4.98 Å². The standard InChI is InChI=1S/C26H30N4OS/c1-17-15-22(18(2)29(17)19-9-4-5-10-19)25-24(23-13-6-7-14-27-23)28-26(32)30(25)20-11-8-12-21(16-20)31-3/h6-8,11-16,19,24-25H,4-5,9-10H2,1-3H3,(H,28,32)/t24-,25-/m1/s1. The molecule has 0 radical (unpaired) electrons. The molecule has 1 aliphatic heterocycles. The van der Waals surface area contributed by atoms with Crippen molar-refractivity contribution in [2.45, 2.75) is 57.7 Å². The first-order chi connectivity index (χ1) is 15.6. The van der Waals surface area contributed by atoms with E-state index in [0.717, 1.165) is 17.1 Å². The summed E-state index contributed by atoms with van der Waals surface area (Å²) in [6.45, 7) is 4.50. The van der Waals surface area contributed by atoms with E-state index in [1.807, 2.05) is 30.5 Å². The van der Waals surface area contributed by atoms with Crippen molar-refractivity contribution in [3.63, 3.8) is 0 Å². The summed E-state index contributed by atoms with van der Waals surface area (Å²) < 4.78 is 8.07. The number of nitrogens with zero attached hydrogens (tertiary/aromatic N) is 3. The lowest BCUT2D eigenvalue weighted by molar-refractivity contribution is 0.415. The summed E-state index contributed by atoms with van der Waals surface area (Å²) in [5, 5.41) is 4.29. The number of anilines is 1. The van der Waals surface area contributed by atoms with Crippen molar-refractivity contribution in [2.24, 2.45) is 0 Å². The maximum Gasteiger partial charge on any atom is 0.174 e. The number of pyridine rings is 1. The van der Waals surface area contributed by atoms with Gasteiger partial charge in [-0.15, -0.1) is 0 Å². The molecule has 1 saturated carbocycles. The third kappa shape index (κ3) is 3.56. The van der Waals surface area contributed by atoms with Gasteiger partial charge >= 0.3 is 0 Å². The van der Waals surface area contributed by atoms with Crippen LogP contribution in [-0.2, 0) is 0 Å². The van der Waals surface area contributed by atoms with Gasteiger partial charge in [0.1, 0.15) is 5.75 Å². The number of thiocarbonyl (C=S) groups is 1. The Morgan fingerprint density at radius 1 is 1.06 bits per heavy atom. The molecular weight excluding hydrogens is 416 g/mol. The van der Waals surface area contributed by atoms with Crippen molar-refractivity contribution < 1.29 is 4.74 Å². The second-order valence-corrected chi connectivity index (χ2v) is 9.22. The number of methoxy groups -OCH3 is 1. The largest absolute Gasteiger partial charge is 0.497 e. The van der Waals surface area contributed by atoms with E-state index in [9.17, 15) is 0 Å². The summed E-state index contributed by atoms with van der Waals surface area (Å²) in [6, 6.07) is 17.1. The predicted octanol–water partition coefficient (Wildman–Crippen LogP) is 5.80. The number of aromatic nitrogens is 2. The first-order valence-corrected chi connectivity index (χ1v) is 11.8. The highest BCUT2D eigenvalue weighted by molar-refractivity contribution is 7.80. The van der Waals surface area contributed by atoms with Gasteiger partial charge in [-0.1, -0.05) is 25.0 Å². The zero-order valence-electron chi connectivity index (χ0n) is 18.9. The third-order valence-electron chi connectivity index (χ3n) is 6.96. The van der Waals surface area contributed by atoms with E-state index >= 15 is 0 Å². The number of hydrogen-bond donors (Lipinski definition) is 1. The fourth-order valence-corrected chi connectivity index (χ4v) is 5.88. The number of benzene rings is 1. The molecular formula is C26H30N4OS. The highest BCUT2D eigenvalue weighted by atomic mass is 32.1. The van der Waals surface area contributed by atoms with Crippen LogP contribution < -0.4 is 15.0 Å². The quantitative estimate of drug-likeness (QED) is 0.502. The molecule has 1 aromatic carbocycles. The van der Waals surface area contributed by atoms with Gasteiger partial charge in [0.25, 0.3) is 0 Å². The van der Waals surface area contributed by atoms with Gasteiger partial charge in [0.15, 0.2) is 5.11 Å². The lowest BCUT2D eigenvalue weighted by atomic mass is 9.96. The van der Waals surface area contributed by atoms with Crippen LogP contribution in [0.1, 0.15) is 66.5 Å². The summed E-state index contributed by atoms with van der Waals surface area (Å²) in [5.74, 6) is 0.821. The molecule has 1 saturated heterocycles. The molecule has 0 amide bonds. The number of ether oxygens (including phenoxy) is 1. The summed E-state index contributed by atoms with van der Waals surface area (Å²) in [6.07, 6.45) is 7.02. The fourth-order valence-electron chi connectivity index (χ4n) is 5.54. The molecule has 5 rings (SSSR count). The maximum absolute atomic E-state index is 5.89. The zero-order chi connectivity index (χ0) is 22.2. The smallest absolute Gasteiger partial charge is 0.174 e. The Morgan fingerprint density at radius 3 is 2.59 bits per heavy atom. The molecule has 2 atom stereocenters. The summed E-state index contributed by atoms with van der Waals surface area (Å²) >= 11 is 5.89. The van der Waals surface area contributed by atoms with Crippen molar-refractivity contribution in [1.29, 1.82) is 0 Å². The molecule has 0 bridgehead atoms. The number of rotatable bonds is 5. The normalized spacial score (nSPS) is 21.2. The highest BCUT2D eigenvalue weighted by Crippen LogP contribution is 2.45. The van der Waals surface area contributed by atoms with Crippen molar-refractivity contribution >= 4 is 23.0 Å². The molecule has 166 valence electrons. The molecule has 1 N–H and O–H groups in total. The summed E-state index contributed by atoms with van der Waals surface area (Å²) in [7, 11) is 1.70. The fraction of sp³-hybridized carbons (Fsp3) is 0.385. The Balaban J connectivity index is 1.65. The van der Waals surface area contributed by atoms with Crippen LogP contribution in [0.3, 0.4) is 0 Å². The Hall–Kier alpha value is -2.86. The van der Waals surface area contributed by atoms with E-state index in [1.165, 1.54) is 42.6 Å². The van der Waals surface area contributed by atoms with Gasteiger partial charge < -0.3 is 19.5 Å². The number of hydrogen-bond acceptors (Lipinski definition) is 3. The third-order valence-corrected chi connectivity index (χ3v) is 7.28. The zero-order valence-corrected chi connectivity index (χ0v) is 19.7.